The summed E-state index contributed by atoms with van der Waals surface area (Å²) in [6.07, 6.45) is 3.98. The number of amides is 1. The Balaban J connectivity index is 2.27. The van der Waals surface area contributed by atoms with E-state index in [1.165, 1.54) is 5.56 Å². The summed E-state index contributed by atoms with van der Waals surface area (Å²) >= 11 is 0. The number of hydrogen-bond donors (Lipinski definition) is 0. The number of nitrogens with zero attached hydrogens (tertiary/aromatic N) is 3. The molecular weight excluding hydrogens is 386 g/mol. The van der Waals surface area contributed by atoms with Gasteiger partial charge in [0.2, 0.25) is 5.91 Å². The summed E-state index contributed by atoms with van der Waals surface area (Å²) in [4.78, 5) is 33.4. The lowest BCUT2D eigenvalue weighted by molar-refractivity contribution is -0.133. The Morgan fingerprint density at radius 3 is 2.35 bits per heavy atom. The van der Waals surface area contributed by atoms with Crippen molar-refractivity contribution in [3.63, 3.8) is 0 Å². The second-order valence-electron chi connectivity index (χ2n) is 7.87. The normalized spacial score (nSPS) is 12.1. The lowest BCUT2D eigenvalue weighted by Crippen LogP contribution is -2.38. The van der Waals surface area contributed by atoms with Gasteiger partial charge in [0.25, 0.3) is 5.56 Å². The van der Waals surface area contributed by atoms with Gasteiger partial charge in [-0.2, -0.15) is 0 Å². The van der Waals surface area contributed by atoms with E-state index in [0.29, 0.717) is 36.1 Å². The highest BCUT2D eigenvalue weighted by Crippen LogP contribution is 2.27. The SMILES string of the molecule is CCCCN(C(=O)CC)C(CC)c1nc2ccccc2c(=O)n1-c1ccc(CC)cc1. The van der Waals surface area contributed by atoms with Crippen molar-refractivity contribution in [3.8, 4) is 5.69 Å². The van der Waals surface area contributed by atoms with Crippen LogP contribution >= 0.6 is 0 Å². The number of fused-ring (bicyclic) bond motifs is 1. The van der Waals surface area contributed by atoms with Gasteiger partial charge in [-0.15, -0.1) is 0 Å². The van der Waals surface area contributed by atoms with E-state index < -0.39 is 0 Å². The van der Waals surface area contributed by atoms with Crippen molar-refractivity contribution < 1.29 is 4.79 Å². The molecule has 5 heteroatoms. The molecule has 0 fully saturated rings. The lowest BCUT2D eigenvalue weighted by atomic mass is 10.1. The number of carbonyl (C=O) groups excluding carboxylic acids is 1. The van der Waals surface area contributed by atoms with Gasteiger partial charge in [0.15, 0.2) is 0 Å². The van der Waals surface area contributed by atoms with Crippen molar-refractivity contribution >= 4 is 16.8 Å². The summed E-state index contributed by atoms with van der Waals surface area (Å²) in [6.45, 7) is 8.84. The maximum absolute atomic E-state index is 13.6. The van der Waals surface area contributed by atoms with Gasteiger partial charge in [0, 0.05) is 13.0 Å². The van der Waals surface area contributed by atoms with E-state index >= 15 is 0 Å². The molecule has 0 aliphatic carbocycles. The monoisotopic (exact) mass is 419 g/mol. The zero-order valence-corrected chi connectivity index (χ0v) is 19.1. The predicted octanol–water partition coefficient (Wildman–Crippen LogP) is 5.44. The third kappa shape index (κ3) is 4.71. The number of para-hydroxylation sites is 1. The van der Waals surface area contributed by atoms with E-state index in [2.05, 4.69) is 20.8 Å². The predicted molar refractivity (Wildman–Crippen MR) is 127 cm³/mol. The first kappa shape index (κ1) is 22.7. The van der Waals surface area contributed by atoms with Crippen LogP contribution in [0.1, 0.15) is 70.8 Å². The molecule has 0 N–H and O–H groups in total. The number of hydrogen-bond acceptors (Lipinski definition) is 3. The molecule has 31 heavy (non-hydrogen) atoms. The van der Waals surface area contributed by atoms with Crippen molar-refractivity contribution in [1.29, 1.82) is 0 Å². The summed E-state index contributed by atoms with van der Waals surface area (Å²) in [5.41, 5.74) is 2.57. The maximum Gasteiger partial charge on any atom is 0.266 e. The van der Waals surface area contributed by atoms with Crippen LogP contribution in [0.5, 0.6) is 0 Å². The Kier molecular flexibility index (Phi) is 7.61. The number of unbranched alkanes of at least 4 members (excludes halogenated alkanes) is 1. The van der Waals surface area contributed by atoms with E-state index in [1.54, 1.807) is 4.57 Å². The number of carbonyl (C=O) groups is 1. The molecule has 2 aromatic carbocycles. The van der Waals surface area contributed by atoms with Crippen LogP contribution < -0.4 is 5.56 Å². The molecule has 164 valence electrons. The zero-order chi connectivity index (χ0) is 22.4. The highest BCUT2D eigenvalue weighted by atomic mass is 16.2. The number of aryl methyl sites for hydroxylation is 1. The summed E-state index contributed by atoms with van der Waals surface area (Å²) in [5.74, 6) is 0.726. The third-order valence-corrected chi connectivity index (χ3v) is 5.84. The van der Waals surface area contributed by atoms with Crippen LogP contribution in [0.2, 0.25) is 0 Å². The van der Waals surface area contributed by atoms with Crippen LogP contribution in [0.4, 0.5) is 0 Å². The van der Waals surface area contributed by atoms with Crippen LogP contribution in [-0.2, 0) is 11.2 Å². The average Bonchev–Trinajstić information content (AvgIpc) is 2.81. The van der Waals surface area contributed by atoms with Gasteiger partial charge in [-0.05, 0) is 49.1 Å². The molecule has 5 nitrogen and oxygen atoms in total. The highest BCUT2D eigenvalue weighted by Gasteiger charge is 2.28. The standard InChI is InChI=1S/C26H33N3O2/c1-5-9-18-28(24(30)8-4)23(7-3)25-27-22-13-11-10-12-21(22)26(31)29(25)20-16-14-19(6-2)15-17-20/h10-17,23H,5-9,18H2,1-4H3. The van der Waals surface area contributed by atoms with Crippen molar-refractivity contribution in [2.75, 3.05) is 6.54 Å². The fourth-order valence-electron chi connectivity index (χ4n) is 4.03. The second kappa shape index (κ2) is 10.4. The molecular formula is C26H33N3O2. The number of rotatable bonds is 9. The van der Waals surface area contributed by atoms with Gasteiger partial charge >= 0.3 is 0 Å². The highest BCUT2D eigenvalue weighted by molar-refractivity contribution is 5.79. The Hall–Kier alpha value is -2.95. The Labute approximate surface area is 184 Å². The molecule has 0 saturated carbocycles. The van der Waals surface area contributed by atoms with Gasteiger partial charge in [-0.25, -0.2) is 4.98 Å². The van der Waals surface area contributed by atoms with Gasteiger partial charge in [-0.3, -0.25) is 14.2 Å². The first-order valence-corrected chi connectivity index (χ1v) is 11.5. The quantitative estimate of drug-likeness (QED) is 0.464. The molecule has 0 aliphatic heterocycles. The first-order chi connectivity index (χ1) is 15.0. The van der Waals surface area contributed by atoms with Crippen molar-refractivity contribution in [3.05, 3.63) is 70.3 Å². The Morgan fingerprint density at radius 1 is 1.03 bits per heavy atom. The molecule has 0 saturated heterocycles. The largest absolute Gasteiger partial charge is 0.333 e. The van der Waals surface area contributed by atoms with Crippen LogP contribution in [0.3, 0.4) is 0 Å². The minimum Gasteiger partial charge on any atom is -0.333 e. The zero-order valence-electron chi connectivity index (χ0n) is 19.1. The second-order valence-corrected chi connectivity index (χ2v) is 7.87. The van der Waals surface area contributed by atoms with Crippen LogP contribution in [0, 0.1) is 0 Å². The van der Waals surface area contributed by atoms with E-state index in [4.69, 9.17) is 4.98 Å². The summed E-state index contributed by atoms with van der Waals surface area (Å²) in [6, 6.07) is 15.2. The summed E-state index contributed by atoms with van der Waals surface area (Å²) in [7, 11) is 0. The van der Waals surface area contributed by atoms with E-state index in [0.717, 1.165) is 24.9 Å². The molecule has 1 unspecified atom stereocenters. The van der Waals surface area contributed by atoms with Crippen molar-refractivity contribution in [2.45, 2.75) is 65.8 Å². The number of aromatic nitrogens is 2. The molecule has 1 atom stereocenters. The van der Waals surface area contributed by atoms with Crippen molar-refractivity contribution in [2.24, 2.45) is 0 Å². The molecule has 0 spiro atoms. The van der Waals surface area contributed by atoms with Gasteiger partial charge in [0.05, 0.1) is 22.6 Å². The van der Waals surface area contributed by atoms with Gasteiger partial charge < -0.3 is 4.90 Å². The van der Waals surface area contributed by atoms with Crippen LogP contribution in [0.25, 0.3) is 16.6 Å². The Morgan fingerprint density at radius 2 is 1.74 bits per heavy atom. The van der Waals surface area contributed by atoms with Crippen LogP contribution in [0.15, 0.2) is 53.3 Å². The fraction of sp³-hybridized carbons (Fsp3) is 0.423. The van der Waals surface area contributed by atoms with Gasteiger partial charge in [0.1, 0.15) is 5.82 Å². The molecule has 1 heterocycles. The topological polar surface area (TPSA) is 55.2 Å². The maximum atomic E-state index is 13.6. The summed E-state index contributed by atoms with van der Waals surface area (Å²) < 4.78 is 1.71. The summed E-state index contributed by atoms with van der Waals surface area (Å²) in [5, 5.41) is 0.586. The molecule has 1 aromatic heterocycles. The molecule has 3 rings (SSSR count). The minimum atomic E-state index is -0.262. The number of benzene rings is 2. The minimum absolute atomic E-state index is 0.0931. The van der Waals surface area contributed by atoms with Crippen molar-refractivity contribution in [1.82, 2.24) is 14.5 Å². The molecule has 1 amide bonds. The van der Waals surface area contributed by atoms with Crippen LogP contribution in [-0.4, -0.2) is 26.9 Å². The Bertz CT molecular complexity index is 1090. The average molecular weight is 420 g/mol. The molecule has 0 aliphatic rings. The first-order valence-electron chi connectivity index (χ1n) is 11.5. The smallest absolute Gasteiger partial charge is 0.266 e. The van der Waals surface area contributed by atoms with Gasteiger partial charge in [-0.1, -0.05) is 58.4 Å². The van der Waals surface area contributed by atoms with E-state index in [-0.39, 0.29) is 17.5 Å². The third-order valence-electron chi connectivity index (χ3n) is 5.84. The molecule has 0 bridgehead atoms. The fourth-order valence-corrected chi connectivity index (χ4v) is 4.03. The molecule has 3 aromatic rings. The van der Waals surface area contributed by atoms with E-state index in [1.807, 2.05) is 60.4 Å². The van der Waals surface area contributed by atoms with E-state index in [9.17, 15) is 9.59 Å². The lowest BCUT2D eigenvalue weighted by Gasteiger charge is -2.32. The molecule has 0 radical (unpaired) electrons.